The first-order chi connectivity index (χ1) is 13.5. The van der Waals surface area contributed by atoms with E-state index >= 15 is 0 Å². The molecule has 0 atom stereocenters. The van der Waals surface area contributed by atoms with Crippen LogP contribution in [-0.2, 0) is 16.6 Å². The molecule has 0 unspecified atom stereocenters. The fraction of sp³-hybridized carbons (Fsp3) is 0.300. The van der Waals surface area contributed by atoms with E-state index in [1.54, 1.807) is 30.5 Å². The fourth-order valence-corrected chi connectivity index (χ4v) is 5.07. The van der Waals surface area contributed by atoms with Gasteiger partial charge in [0, 0.05) is 30.6 Å². The Morgan fingerprint density at radius 3 is 2.70 bits per heavy atom. The molecule has 2 N–H and O–H groups in total. The molecule has 6 nitrogen and oxygen atoms in total. The van der Waals surface area contributed by atoms with Crippen molar-refractivity contribution in [1.29, 1.82) is 0 Å². The standard InChI is InChI=1S/C20H22ClN3O3S.2ClH/c21-18-4-1-2-5-19(18)28(25,26)23-17-12-15-6-11-27-20(15)16(13-17)14-24-9-3-7-22-8-10-24;;/h1-2,4-6,11-13,22-23H,3,7-10,14H2;2*1H. The number of hydrogen-bond donors (Lipinski definition) is 2. The molecule has 0 amide bonds. The number of hydrogen-bond acceptors (Lipinski definition) is 5. The number of nitrogens with one attached hydrogen (secondary N) is 2. The van der Waals surface area contributed by atoms with E-state index in [1.165, 1.54) is 6.07 Å². The first-order valence-corrected chi connectivity index (χ1v) is 11.1. The van der Waals surface area contributed by atoms with E-state index in [2.05, 4.69) is 14.9 Å². The van der Waals surface area contributed by atoms with Crippen LogP contribution in [-0.4, -0.2) is 39.5 Å². The van der Waals surface area contributed by atoms with Gasteiger partial charge in [-0.05, 0) is 49.8 Å². The highest BCUT2D eigenvalue weighted by molar-refractivity contribution is 7.92. The quantitative estimate of drug-likeness (QED) is 0.547. The summed E-state index contributed by atoms with van der Waals surface area (Å²) in [6.45, 7) is 4.60. The lowest BCUT2D eigenvalue weighted by Gasteiger charge is -2.20. The van der Waals surface area contributed by atoms with Crippen molar-refractivity contribution < 1.29 is 12.8 Å². The minimum absolute atomic E-state index is 0. The lowest BCUT2D eigenvalue weighted by atomic mass is 10.1. The second kappa shape index (κ2) is 10.7. The minimum Gasteiger partial charge on any atom is -0.464 e. The van der Waals surface area contributed by atoms with Crippen LogP contribution < -0.4 is 10.0 Å². The molecule has 1 aliphatic rings. The number of nitrogens with zero attached hydrogens (tertiary/aromatic N) is 1. The average Bonchev–Trinajstić information content (AvgIpc) is 2.98. The molecular formula is C20H24Cl3N3O3S. The van der Waals surface area contributed by atoms with E-state index in [0.29, 0.717) is 12.2 Å². The maximum absolute atomic E-state index is 12.8. The Morgan fingerprint density at radius 2 is 1.90 bits per heavy atom. The molecule has 0 bridgehead atoms. The van der Waals surface area contributed by atoms with Crippen LogP contribution in [0.15, 0.2) is 58.0 Å². The van der Waals surface area contributed by atoms with Crippen molar-refractivity contribution in [3.63, 3.8) is 0 Å². The molecule has 2 heterocycles. The molecule has 4 rings (SSSR count). The average molecular weight is 493 g/mol. The van der Waals surface area contributed by atoms with Gasteiger partial charge in [0.05, 0.1) is 17.0 Å². The molecule has 0 saturated carbocycles. The van der Waals surface area contributed by atoms with E-state index in [9.17, 15) is 8.42 Å². The summed E-state index contributed by atoms with van der Waals surface area (Å²) in [7, 11) is -3.79. The summed E-state index contributed by atoms with van der Waals surface area (Å²) < 4.78 is 33.9. The largest absolute Gasteiger partial charge is 0.464 e. The first kappa shape index (κ1) is 24.8. The van der Waals surface area contributed by atoms with Crippen LogP contribution in [0.4, 0.5) is 5.69 Å². The van der Waals surface area contributed by atoms with Crippen molar-refractivity contribution in [2.24, 2.45) is 0 Å². The summed E-state index contributed by atoms with van der Waals surface area (Å²) in [4.78, 5) is 2.41. The summed E-state index contributed by atoms with van der Waals surface area (Å²) in [5, 5.41) is 4.45. The highest BCUT2D eigenvalue weighted by Gasteiger charge is 2.19. The molecule has 164 valence electrons. The van der Waals surface area contributed by atoms with Crippen LogP contribution in [0.3, 0.4) is 0 Å². The summed E-state index contributed by atoms with van der Waals surface area (Å²) in [5.41, 5.74) is 2.25. The SMILES string of the molecule is Cl.Cl.O=S(=O)(Nc1cc(CN2CCCNCC2)c2occc2c1)c1ccccc1Cl. The molecule has 2 aromatic carbocycles. The van der Waals surface area contributed by atoms with Gasteiger partial charge in [-0.1, -0.05) is 23.7 Å². The van der Waals surface area contributed by atoms with E-state index in [0.717, 1.165) is 49.1 Å². The summed E-state index contributed by atoms with van der Waals surface area (Å²) in [6, 6.07) is 11.9. The van der Waals surface area contributed by atoms with Crippen LogP contribution >= 0.6 is 36.4 Å². The zero-order valence-corrected chi connectivity index (χ0v) is 19.3. The third-order valence-corrected chi connectivity index (χ3v) is 6.71. The first-order valence-electron chi connectivity index (χ1n) is 9.23. The van der Waals surface area contributed by atoms with E-state index in [-0.39, 0.29) is 34.7 Å². The van der Waals surface area contributed by atoms with Gasteiger partial charge in [-0.3, -0.25) is 9.62 Å². The van der Waals surface area contributed by atoms with Crippen LogP contribution in [0, 0.1) is 0 Å². The number of rotatable bonds is 5. The van der Waals surface area contributed by atoms with Gasteiger partial charge in [0.2, 0.25) is 0 Å². The van der Waals surface area contributed by atoms with Gasteiger partial charge in [0.25, 0.3) is 10.0 Å². The number of halogens is 3. The van der Waals surface area contributed by atoms with E-state index in [1.807, 2.05) is 12.1 Å². The van der Waals surface area contributed by atoms with Gasteiger partial charge in [-0.25, -0.2) is 8.42 Å². The molecule has 1 fully saturated rings. The Labute approximate surface area is 193 Å². The smallest absolute Gasteiger partial charge is 0.263 e. The number of furan rings is 1. The molecule has 0 radical (unpaired) electrons. The predicted molar refractivity (Wildman–Crippen MR) is 126 cm³/mol. The van der Waals surface area contributed by atoms with Crippen molar-refractivity contribution in [2.75, 3.05) is 30.9 Å². The van der Waals surface area contributed by atoms with Gasteiger partial charge in [-0.15, -0.1) is 24.8 Å². The Bertz CT molecular complexity index is 1080. The topological polar surface area (TPSA) is 74.6 Å². The zero-order chi connectivity index (χ0) is 19.6. The van der Waals surface area contributed by atoms with E-state index < -0.39 is 10.0 Å². The second-order valence-corrected chi connectivity index (χ2v) is 8.95. The van der Waals surface area contributed by atoms with Gasteiger partial charge in [0.15, 0.2) is 0 Å². The van der Waals surface area contributed by atoms with Crippen molar-refractivity contribution in [3.05, 3.63) is 59.3 Å². The molecule has 1 aliphatic heterocycles. The summed E-state index contributed by atoms with van der Waals surface area (Å²) >= 11 is 6.08. The Hall–Kier alpha value is -1.48. The van der Waals surface area contributed by atoms with Crippen LogP contribution in [0.5, 0.6) is 0 Å². The normalized spacial score (nSPS) is 15.1. The molecule has 1 saturated heterocycles. The lowest BCUT2D eigenvalue weighted by molar-refractivity contribution is 0.284. The summed E-state index contributed by atoms with van der Waals surface area (Å²) in [6.07, 6.45) is 2.71. The van der Waals surface area contributed by atoms with E-state index in [4.69, 9.17) is 16.0 Å². The second-order valence-electron chi connectivity index (χ2n) is 6.89. The maximum Gasteiger partial charge on any atom is 0.263 e. The fourth-order valence-electron chi connectivity index (χ4n) is 3.51. The van der Waals surface area contributed by atoms with Crippen molar-refractivity contribution in [2.45, 2.75) is 17.9 Å². The molecule has 30 heavy (non-hydrogen) atoms. The van der Waals surface area contributed by atoms with Crippen LogP contribution in [0.2, 0.25) is 5.02 Å². The molecule has 3 aromatic rings. The number of benzene rings is 2. The van der Waals surface area contributed by atoms with Gasteiger partial charge in [-0.2, -0.15) is 0 Å². The highest BCUT2D eigenvalue weighted by Crippen LogP contribution is 2.29. The number of sulfonamides is 1. The minimum atomic E-state index is -3.79. The molecule has 10 heteroatoms. The third-order valence-electron chi connectivity index (χ3n) is 4.83. The molecule has 1 aromatic heterocycles. The molecular weight excluding hydrogens is 469 g/mol. The monoisotopic (exact) mass is 491 g/mol. The number of fused-ring (bicyclic) bond motifs is 1. The number of anilines is 1. The van der Waals surface area contributed by atoms with Crippen molar-refractivity contribution >= 4 is 63.1 Å². The Balaban J connectivity index is 0.00000160. The third kappa shape index (κ3) is 5.60. The molecule has 0 spiro atoms. The Kier molecular flexibility index (Phi) is 8.85. The van der Waals surface area contributed by atoms with Gasteiger partial charge < -0.3 is 9.73 Å². The van der Waals surface area contributed by atoms with Crippen LogP contribution in [0.1, 0.15) is 12.0 Å². The predicted octanol–water partition coefficient (Wildman–Crippen LogP) is 4.53. The van der Waals surface area contributed by atoms with Crippen LogP contribution in [0.25, 0.3) is 11.0 Å². The maximum atomic E-state index is 12.8. The Morgan fingerprint density at radius 1 is 1.10 bits per heavy atom. The zero-order valence-electron chi connectivity index (χ0n) is 16.1. The van der Waals surface area contributed by atoms with Crippen molar-refractivity contribution in [3.8, 4) is 0 Å². The molecule has 0 aliphatic carbocycles. The van der Waals surface area contributed by atoms with Crippen molar-refractivity contribution in [1.82, 2.24) is 10.2 Å². The lowest BCUT2D eigenvalue weighted by Crippen LogP contribution is -2.27. The summed E-state index contributed by atoms with van der Waals surface area (Å²) in [5.74, 6) is 0. The van der Waals surface area contributed by atoms with Gasteiger partial charge in [0.1, 0.15) is 10.5 Å². The van der Waals surface area contributed by atoms with Gasteiger partial charge >= 0.3 is 0 Å². The highest BCUT2D eigenvalue weighted by atomic mass is 35.5.